The minimum atomic E-state index is 0.0175. The highest BCUT2D eigenvalue weighted by atomic mass is 16.3. The first-order valence-electron chi connectivity index (χ1n) is 11.5. The molecule has 6 heteroatoms. The van der Waals surface area contributed by atoms with Gasteiger partial charge in [-0.15, -0.1) is 0 Å². The zero-order chi connectivity index (χ0) is 22.5. The Balaban J connectivity index is 1.10. The van der Waals surface area contributed by atoms with Gasteiger partial charge in [-0.1, -0.05) is 48.5 Å². The van der Waals surface area contributed by atoms with Crippen LogP contribution < -0.4 is 5.32 Å². The van der Waals surface area contributed by atoms with Crippen LogP contribution in [0.2, 0.25) is 0 Å². The Hall–Kier alpha value is -3.48. The second-order valence-electron chi connectivity index (χ2n) is 8.47. The molecule has 1 saturated heterocycles. The fourth-order valence-electron chi connectivity index (χ4n) is 4.20. The molecular formula is C27H28N4O2. The lowest BCUT2D eigenvalue weighted by Crippen LogP contribution is -2.46. The molecule has 33 heavy (non-hydrogen) atoms. The maximum Gasteiger partial charge on any atom is 0.227 e. The summed E-state index contributed by atoms with van der Waals surface area (Å²) in [6.45, 7) is 5.81. The van der Waals surface area contributed by atoms with Crippen LogP contribution in [0.15, 0.2) is 83.3 Å². The average molecular weight is 441 g/mol. The van der Waals surface area contributed by atoms with E-state index in [2.05, 4.69) is 50.4 Å². The summed E-state index contributed by atoms with van der Waals surface area (Å²) in [5.41, 5.74) is 4.46. The van der Waals surface area contributed by atoms with E-state index in [1.807, 2.05) is 48.5 Å². The van der Waals surface area contributed by atoms with E-state index in [1.165, 1.54) is 5.56 Å². The summed E-state index contributed by atoms with van der Waals surface area (Å²) in [6, 6.07) is 26.0. The maximum absolute atomic E-state index is 12.5. The van der Waals surface area contributed by atoms with Gasteiger partial charge >= 0.3 is 0 Å². The molecule has 0 radical (unpaired) electrons. The summed E-state index contributed by atoms with van der Waals surface area (Å²) < 4.78 is 5.91. The third kappa shape index (κ3) is 5.48. The topological polar surface area (TPSA) is 61.6 Å². The highest BCUT2D eigenvalue weighted by Crippen LogP contribution is 2.26. The number of fused-ring (bicyclic) bond motifs is 1. The zero-order valence-corrected chi connectivity index (χ0v) is 18.6. The van der Waals surface area contributed by atoms with Gasteiger partial charge in [0.15, 0.2) is 5.58 Å². The number of hydrogen-bond acceptors (Lipinski definition) is 5. The van der Waals surface area contributed by atoms with Crippen LogP contribution in [-0.4, -0.2) is 53.4 Å². The number of carbonyl (C=O) groups is 1. The molecule has 3 aromatic carbocycles. The number of rotatable bonds is 7. The molecule has 1 aliphatic rings. The van der Waals surface area contributed by atoms with Gasteiger partial charge in [0.05, 0.1) is 0 Å². The first kappa shape index (κ1) is 21.4. The first-order valence-corrected chi connectivity index (χ1v) is 11.5. The summed E-state index contributed by atoms with van der Waals surface area (Å²) in [5, 5.41) is 3.00. The predicted molar refractivity (Wildman–Crippen MR) is 131 cm³/mol. The van der Waals surface area contributed by atoms with Crippen molar-refractivity contribution >= 4 is 22.7 Å². The predicted octanol–water partition coefficient (Wildman–Crippen LogP) is 4.64. The van der Waals surface area contributed by atoms with Crippen LogP contribution in [0.25, 0.3) is 22.6 Å². The Morgan fingerprint density at radius 1 is 0.879 bits per heavy atom. The number of nitrogens with zero attached hydrogens (tertiary/aromatic N) is 3. The van der Waals surface area contributed by atoms with E-state index in [1.54, 1.807) is 0 Å². The molecule has 0 atom stereocenters. The molecule has 0 bridgehead atoms. The smallest absolute Gasteiger partial charge is 0.227 e. The molecule has 5 rings (SSSR count). The number of benzene rings is 3. The Kier molecular flexibility index (Phi) is 6.46. The highest BCUT2D eigenvalue weighted by molar-refractivity contribution is 5.93. The zero-order valence-electron chi connectivity index (χ0n) is 18.6. The molecule has 0 spiro atoms. The van der Waals surface area contributed by atoms with Crippen molar-refractivity contribution in [2.75, 3.05) is 38.0 Å². The van der Waals surface area contributed by atoms with Crippen molar-refractivity contribution in [2.24, 2.45) is 0 Å². The number of nitrogens with one attached hydrogen (secondary N) is 1. The van der Waals surface area contributed by atoms with Gasteiger partial charge in [0.2, 0.25) is 11.8 Å². The molecule has 6 nitrogen and oxygen atoms in total. The Morgan fingerprint density at radius 3 is 2.33 bits per heavy atom. The van der Waals surface area contributed by atoms with Crippen LogP contribution >= 0.6 is 0 Å². The van der Waals surface area contributed by atoms with E-state index in [0.717, 1.165) is 56.0 Å². The quantitative estimate of drug-likeness (QED) is 0.454. The van der Waals surface area contributed by atoms with Crippen LogP contribution in [-0.2, 0) is 11.3 Å². The van der Waals surface area contributed by atoms with E-state index in [0.29, 0.717) is 17.9 Å². The van der Waals surface area contributed by atoms with Crippen LogP contribution in [0.5, 0.6) is 0 Å². The highest BCUT2D eigenvalue weighted by Gasteiger charge is 2.18. The number of piperazine rings is 1. The van der Waals surface area contributed by atoms with E-state index in [-0.39, 0.29) is 5.91 Å². The largest absolute Gasteiger partial charge is 0.436 e. The molecule has 4 aromatic rings. The van der Waals surface area contributed by atoms with Crippen LogP contribution in [0, 0.1) is 0 Å². The lowest BCUT2D eigenvalue weighted by molar-refractivity contribution is -0.116. The van der Waals surface area contributed by atoms with Crippen molar-refractivity contribution in [2.45, 2.75) is 13.0 Å². The van der Waals surface area contributed by atoms with Gasteiger partial charge in [-0.05, 0) is 29.8 Å². The van der Waals surface area contributed by atoms with Crippen molar-refractivity contribution in [3.05, 3.63) is 84.4 Å². The Labute approximate surface area is 193 Å². The van der Waals surface area contributed by atoms with Crippen molar-refractivity contribution in [3.8, 4) is 11.5 Å². The van der Waals surface area contributed by atoms with E-state index < -0.39 is 0 Å². The van der Waals surface area contributed by atoms with E-state index in [9.17, 15) is 4.79 Å². The Bertz CT molecular complexity index is 1200. The normalized spacial score (nSPS) is 15.0. The van der Waals surface area contributed by atoms with Gasteiger partial charge in [-0.25, -0.2) is 4.98 Å². The lowest BCUT2D eigenvalue weighted by Gasteiger charge is -2.34. The monoisotopic (exact) mass is 440 g/mol. The summed E-state index contributed by atoms with van der Waals surface area (Å²) in [4.78, 5) is 21.9. The number of anilines is 1. The van der Waals surface area contributed by atoms with E-state index >= 15 is 0 Å². The number of amides is 1. The lowest BCUT2D eigenvalue weighted by atomic mass is 10.2. The van der Waals surface area contributed by atoms with Crippen molar-refractivity contribution in [1.29, 1.82) is 0 Å². The number of carbonyl (C=O) groups excluding carboxylic acids is 1. The molecule has 0 aliphatic carbocycles. The minimum Gasteiger partial charge on any atom is -0.436 e. The van der Waals surface area contributed by atoms with Gasteiger partial charge in [0.1, 0.15) is 5.52 Å². The SMILES string of the molecule is O=C(CCN1CCN(Cc2ccccc2)CC1)Nc1ccc2nc(-c3ccccc3)oc2c1. The molecule has 1 fully saturated rings. The van der Waals surface area contributed by atoms with Gasteiger partial charge in [-0.2, -0.15) is 0 Å². The third-order valence-electron chi connectivity index (χ3n) is 6.06. The standard InChI is InChI=1S/C27H28N4O2/c32-26(13-14-30-15-17-31(18-16-30)20-21-7-3-1-4-8-21)28-23-11-12-24-25(19-23)33-27(29-24)22-9-5-2-6-10-22/h1-12,19H,13-18,20H2,(H,28,32). The molecule has 1 aliphatic heterocycles. The van der Waals surface area contributed by atoms with Gasteiger partial charge < -0.3 is 14.6 Å². The van der Waals surface area contributed by atoms with Crippen molar-refractivity contribution in [1.82, 2.24) is 14.8 Å². The van der Waals surface area contributed by atoms with Gasteiger partial charge in [-0.3, -0.25) is 9.69 Å². The van der Waals surface area contributed by atoms with Crippen LogP contribution in [0.3, 0.4) is 0 Å². The van der Waals surface area contributed by atoms with Crippen molar-refractivity contribution in [3.63, 3.8) is 0 Å². The van der Waals surface area contributed by atoms with Crippen LogP contribution in [0.1, 0.15) is 12.0 Å². The third-order valence-corrected chi connectivity index (χ3v) is 6.06. The van der Waals surface area contributed by atoms with Crippen LogP contribution in [0.4, 0.5) is 5.69 Å². The second-order valence-corrected chi connectivity index (χ2v) is 8.47. The summed E-state index contributed by atoms with van der Waals surface area (Å²) in [5.74, 6) is 0.601. The molecule has 1 N–H and O–H groups in total. The second kappa shape index (κ2) is 9.98. The number of aromatic nitrogens is 1. The minimum absolute atomic E-state index is 0.0175. The molecular weight excluding hydrogens is 412 g/mol. The molecule has 0 unspecified atom stereocenters. The Morgan fingerprint density at radius 2 is 1.58 bits per heavy atom. The molecule has 1 aromatic heterocycles. The maximum atomic E-state index is 12.5. The summed E-state index contributed by atoms with van der Waals surface area (Å²) >= 11 is 0. The molecule has 168 valence electrons. The van der Waals surface area contributed by atoms with Gasteiger partial charge in [0.25, 0.3) is 0 Å². The average Bonchev–Trinajstić information content (AvgIpc) is 3.28. The molecule has 1 amide bonds. The number of oxazole rings is 1. The van der Waals surface area contributed by atoms with Gasteiger partial charge in [0, 0.05) is 63.0 Å². The van der Waals surface area contributed by atoms with Crippen molar-refractivity contribution < 1.29 is 9.21 Å². The summed E-state index contributed by atoms with van der Waals surface area (Å²) in [6.07, 6.45) is 0.475. The van der Waals surface area contributed by atoms with E-state index in [4.69, 9.17) is 4.42 Å². The first-order chi connectivity index (χ1) is 16.2. The fourth-order valence-corrected chi connectivity index (χ4v) is 4.20. The molecule has 2 heterocycles. The fraction of sp³-hybridized carbons (Fsp3) is 0.259. The summed E-state index contributed by atoms with van der Waals surface area (Å²) in [7, 11) is 0. The number of hydrogen-bond donors (Lipinski definition) is 1. The molecule has 0 saturated carbocycles.